The molecule has 0 saturated carbocycles. The van der Waals surface area contributed by atoms with Crippen LogP contribution in [0.3, 0.4) is 0 Å². The summed E-state index contributed by atoms with van der Waals surface area (Å²) in [5.74, 6) is 0. The summed E-state index contributed by atoms with van der Waals surface area (Å²) in [7, 11) is 0. The lowest BCUT2D eigenvalue weighted by atomic mass is 9.87. The molecule has 9 nitrogen and oxygen atoms in total. The highest BCUT2D eigenvalue weighted by Crippen LogP contribution is 2.38. The normalized spacial score (nSPS) is 21.3. The van der Waals surface area contributed by atoms with Crippen molar-refractivity contribution in [1.29, 1.82) is 0 Å². The molecule has 2 aromatic heterocycles. The topological polar surface area (TPSA) is 91.0 Å². The molecule has 0 spiro atoms. The van der Waals surface area contributed by atoms with Crippen LogP contribution in [0.2, 0.25) is 5.02 Å². The molecule has 41 heavy (non-hydrogen) atoms. The highest BCUT2D eigenvalue weighted by Gasteiger charge is 2.37. The highest BCUT2D eigenvalue weighted by atomic mass is 35.5. The van der Waals surface area contributed by atoms with Gasteiger partial charge < -0.3 is 24.3 Å². The third kappa shape index (κ3) is 5.59. The number of morpholine rings is 1. The number of amides is 3. The molecule has 2 fully saturated rings. The number of H-pyrrole nitrogens is 1. The van der Waals surface area contributed by atoms with Crippen molar-refractivity contribution in [3.63, 3.8) is 0 Å². The quantitative estimate of drug-likeness (QED) is 0.417. The average molecular weight is 584 g/mol. The summed E-state index contributed by atoms with van der Waals surface area (Å²) < 4.78 is 25.6. The number of fused-ring (bicyclic) bond motifs is 2. The monoisotopic (exact) mass is 583 g/mol. The summed E-state index contributed by atoms with van der Waals surface area (Å²) in [5.41, 5.74) is 4.90. The SMILES string of the molecule is CC(C)(C)OC(=O)N1CCOC[C@H]1c1cc(-c2cnc3[nH]cc(Cl)c3c2)cc2c1CN(C(=O)N1CC[C@H](F)C1)CC2. The van der Waals surface area contributed by atoms with Crippen LogP contribution in [0, 0.1) is 0 Å². The molecule has 3 aromatic rings. The molecule has 11 heteroatoms. The van der Waals surface area contributed by atoms with Crippen LogP contribution >= 0.6 is 11.6 Å². The smallest absolute Gasteiger partial charge is 0.410 e. The maximum atomic E-state index is 13.9. The fourth-order valence-corrected chi connectivity index (χ4v) is 6.14. The van der Waals surface area contributed by atoms with Crippen LogP contribution in [-0.2, 0) is 22.4 Å². The van der Waals surface area contributed by atoms with Crippen molar-refractivity contribution < 1.29 is 23.5 Å². The van der Waals surface area contributed by atoms with E-state index in [0.717, 1.165) is 33.2 Å². The number of urea groups is 1. The van der Waals surface area contributed by atoms with E-state index in [1.165, 1.54) is 0 Å². The standard InChI is InChI=1S/C30H35ClFN5O4/c1-30(2,3)41-29(39)37-8-9-40-17-26(37)22-11-19(20-12-23-25(31)14-34-27(23)33-13-20)10-18-4-6-36(16-24(18)22)28(38)35-7-5-21(32)15-35/h10-14,21,26H,4-9,15-17H2,1-3H3,(H,33,34)/t21-,26-/m0/s1. The molecule has 2 saturated heterocycles. The zero-order valence-corrected chi connectivity index (χ0v) is 24.3. The number of aromatic amines is 1. The lowest BCUT2D eigenvalue weighted by molar-refractivity contribution is -0.0334. The Morgan fingerprint density at radius 3 is 2.73 bits per heavy atom. The van der Waals surface area contributed by atoms with Gasteiger partial charge in [0.1, 0.15) is 17.4 Å². The number of pyridine rings is 1. The summed E-state index contributed by atoms with van der Waals surface area (Å²) in [4.78, 5) is 39.5. The van der Waals surface area contributed by atoms with E-state index in [9.17, 15) is 14.0 Å². The molecule has 3 amide bonds. The molecule has 0 radical (unpaired) electrons. The number of alkyl halides is 1. The van der Waals surface area contributed by atoms with E-state index in [-0.39, 0.29) is 12.6 Å². The summed E-state index contributed by atoms with van der Waals surface area (Å²) in [5, 5.41) is 1.42. The number of nitrogens with one attached hydrogen (secondary N) is 1. The number of carbonyl (C=O) groups excluding carboxylic acids is 2. The minimum atomic E-state index is -0.976. The van der Waals surface area contributed by atoms with E-state index < -0.39 is 23.9 Å². The first-order chi connectivity index (χ1) is 19.6. The van der Waals surface area contributed by atoms with Crippen LogP contribution < -0.4 is 0 Å². The maximum absolute atomic E-state index is 13.9. The van der Waals surface area contributed by atoms with Gasteiger partial charge in [-0.2, -0.15) is 0 Å². The number of carbonyl (C=O) groups is 2. The number of likely N-dealkylation sites (tertiary alicyclic amines) is 1. The van der Waals surface area contributed by atoms with Gasteiger partial charge >= 0.3 is 12.1 Å². The maximum Gasteiger partial charge on any atom is 0.410 e. The summed E-state index contributed by atoms with van der Waals surface area (Å²) in [6.45, 7) is 8.11. The lowest BCUT2D eigenvalue weighted by Gasteiger charge is -2.40. The molecule has 218 valence electrons. The number of rotatable bonds is 2. The van der Waals surface area contributed by atoms with Crippen molar-refractivity contribution in [2.24, 2.45) is 0 Å². The van der Waals surface area contributed by atoms with Crippen LogP contribution in [0.15, 0.2) is 30.6 Å². The van der Waals surface area contributed by atoms with Gasteiger partial charge in [-0.1, -0.05) is 17.7 Å². The van der Waals surface area contributed by atoms with Crippen LogP contribution in [0.5, 0.6) is 0 Å². The van der Waals surface area contributed by atoms with Gasteiger partial charge in [-0.3, -0.25) is 4.90 Å². The number of aromatic nitrogens is 2. The molecule has 1 N–H and O–H groups in total. The Balaban J connectivity index is 1.41. The Bertz CT molecular complexity index is 1490. The number of benzene rings is 1. The van der Waals surface area contributed by atoms with Crippen LogP contribution in [0.1, 0.15) is 49.9 Å². The third-order valence-electron chi connectivity index (χ3n) is 7.98. The Hall–Kier alpha value is -3.37. The first kappa shape index (κ1) is 27.8. The van der Waals surface area contributed by atoms with Crippen molar-refractivity contribution in [2.45, 2.75) is 58.0 Å². The Kier molecular flexibility index (Phi) is 7.32. The highest BCUT2D eigenvalue weighted by molar-refractivity contribution is 6.35. The zero-order valence-electron chi connectivity index (χ0n) is 23.6. The number of ether oxygens (including phenoxy) is 2. The van der Waals surface area contributed by atoms with E-state index >= 15 is 0 Å². The summed E-state index contributed by atoms with van der Waals surface area (Å²) in [6.07, 6.45) is 3.16. The second-order valence-corrected chi connectivity index (χ2v) is 12.4. The van der Waals surface area contributed by atoms with Crippen molar-refractivity contribution in [2.75, 3.05) is 39.4 Å². The molecule has 5 heterocycles. The Morgan fingerprint density at radius 2 is 1.98 bits per heavy atom. The van der Waals surface area contributed by atoms with Crippen LogP contribution in [0.25, 0.3) is 22.2 Å². The van der Waals surface area contributed by atoms with Gasteiger partial charge in [-0.05, 0) is 68.0 Å². The molecule has 3 aliphatic rings. The fourth-order valence-electron chi connectivity index (χ4n) is 5.95. The van der Waals surface area contributed by atoms with Gasteiger partial charge in [0.25, 0.3) is 0 Å². The Morgan fingerprint density at radius 1 is 1.15 bits per heavy atom. The molecule has 0 aliphatic carbocycles. The molecular formula is C30H35ClFN5O4. The average Bonchev–Trinajstić information content (AvgIpc) is 3.55. The second-order valence-electron chi connectivity index (χ2n) is 12.0. The summed E-state index contributed by atoms with van der Waals surface area (Å²) >= 11 is 6.40. The summed E-state index contributed by atoms with van der Waals surface area (Å²) in [6, 6.07) is 5.66. The fraction of sp³-hybridized carbons (Fsp3) is 0.500. The zero-order chi connectivity index (χ0) is 28.9. The van der Waals surface area contributed by atoms with Crippen molar-refractivity contribution in [1.82, 2.24) is 24.7 Å². The van der Waals surface area contributed by atoms with Gasteiger partial charge in [0.15, 0.2) is 0 Å². The van der Waals surface area contributed by atoms with Crippen molar-refractivity contribution >= 4 is 34.8 Å². The van der Waals surface area contributed by atoms with Gasteiger partial charge in [0, 0.05) is 49.5 Å². The van der Waals surface area contributed by atoms with Crippen LogP contribution in [-0.4, -0.2) is 88.0 Å². The van der Waals surface area contributed by atoms with E-state index in [0.29, 0.717) is 62.9 Å². The molecule has 0 bridgehead atoms. The van der Waals surface area contributed by atoms with Gasteiger partial charge in [0.05, 0.1) is 30.8 Å². The van der Waals surface area contributed by atoms with Crippen LogP contribution in [0.4, 0.5) is 14.0 Å². The van der Waals surface area contributed by atoms with Gasteiger partial charge in [-0.15, -0.1) is 0 Å². The number of hydrogen-bond donors (Lipinski definition) is 1. The molecular weight excluding hydrogens is 549 g/mol. The van der Waals surface area contributed by atoms with E-state index in [4.69, 9.17) is 21.1 Å². The largest absolute Gasteiger partial charge is 0.444 e. The molecule has 2 atom stereocenters. The lowest BCUT2D eigenvalue weighted by Crippen LogP contribution is -2.47. The predicted octanol–water partition coefficient (Wildman–Crippen LogP) is 5.71. The molecule has 1 aromatic carbocycles. The molecule has 0 unspecified atom stereocenters. The first-order valence-corrected chi connectivity index (χ1v) is 14.5. The van der Waals surface area contributed by atoms with E-state index in [2.05, 4.69) is 22.1 Å². The minimum absolute atomic E-state index is 0.133. The Labute approximate surface area is 243 Å². The number of hydrogen-bond acceptors (Lipinski definition) is 5. The van der Waals surface area contributed by atoms with Crippen molar-refractivity contribution in [3.05, 3.63) is 52.3 Å². The van der Waals surface area contributed by atoms with E-state index in [1.54, 1.807) is 20.9 Å². The predicted molar refractivity (Wildman–Crippen MR) is 154 cm³/mol. The minimum Gasteiger partial charge on any atom is -0.444 e. The second kappa shape index (κ2) is 10.8. The number of nitrogens with zero attached hydrogens (tertiary/aromatic N) is 4. The molecule has 3 aliphatic heterocycles. The first-order valence-electron chi connectivity index (χ1n) is 14.1. The van der Waals surface area contributed by atoms with Gasteiger partial charge in [0.2, 0.25) is 0 Å². The van der Waals surface area contributed by atoms with Crippen molar-refractivity contribution in [3.8, 4) is 11.1 Å². The van der Waals surface area contributed by atoms with E-state index in [1.807, 2.05) is 33.0 Å². The molecule has 6 rings (SSSR count). The third-order valence-corrected chi connectivity index (χ3v) is 8.29. The number of halogens is 2. The van der Waals surface area contributed by atoms with Gasteiger partial charge in [-0.25, -0.2) is 19.0 Å².